The van der Waals surface area contributed by atoms with Crippen molar-refractivity contribution in [1.82, 2.24) is 29.3 Å². The molecule has 0 atom stereocenters. The Kier molecular flexibility index (Phi) is 6.26. The van der Waals surface area contributed by atoms with Crippen LogP contribution < -0.4 is 16.3 Å². The van der Waals surface area contributed by atoms with E-state index in [9.17, 15) is 18.4 Å². The summed E-state index contributed by atoms with van der Waals surface area (Å²) in [5.74, 6) is -2.24. The van der Waals surface area contributed by atoms with Gasteiger partial charge in [0.05, 0.1) is 17.4 Å². The Morgan fingerprint density at radius 3 is 2.49 bits per heavy atom. The number of nitrogens with one attached hydrogen (secondary N) is 2. The predicted molar refractivity (Wildman–Crippen MR) is 128 cm³/mol. The molecule has 11 heteroatoms. The van der Waals surface area contributed by atoms with Crippen LogP contribution in [0.4, 0.5) is 20.4 Å². The van der Waals surface area contributed by atoms with Crippen LogP contribution in [0.25, 0.3) is 11.2 Å². The zero-order valence-corrected chi connectivity index (χ0v) is 19.9. The first-order valence-electron chi connectivity index (χ1n) is 12.0. The van der Waals surface area contributed by atoms with Crippen molar-refractivity contribution in [3.8, 4) is 0 Å². The molecule has 1 saturated heterocycles. The Bertz CT molecular complexity index is 1320. The molecule has 1 aromatic carbocycles. The van der Waals surface area contributed by atoms with E-state index in [0.29, 0.717) is 11.2 Å². The Labute approximate surface area is 201 Å². The minimum Gasteiger partial charge on any atom is -0.349 e. The molecule has 0 unspecified atom stereocenters. The van der Waals surface area contributed by atoms with Crippen LogP contribution in [-0.4, -0.2) is 56.1 Å². The van der Waals surface area contributed by atoms with E-state index in [0.717, 1.165) is 63.7 Å². The van der Waals surface area contributed by atoms with Gasteiger partial charge in [0.25, 0.3) is 5.91 Å². The number of halogens is 2. The number of benzene rings is 1. The Hall–Kier alpha value is -3.34. The first kappa shape index (κ1) is 23.4. The fourth-order valence-electron chi connectivity index (χ4n) is 5.04. The van der Waals surface area contributed by atoms with Crippen LogP contribution in [0.2, 0.25) is 0 Å². The summed E-state index contributed by atoms with van der Waals surface area (Å²) in [6, 6.07) is 1.81. The molecule has 2 fully saturated rings. The van der Waals surface area contributed by atoms with Crippen molar-refractivity contribution in [1.29, 1.82) is 0 Å². The summed E-state index contributed by atoms with van der Waals surface area (Å²) in [7, 11) is 3.67. The first-order chi connectivity index (χ1) is 16.8. The topological polar surface area (TPSA) is 97.1 Å². The van der Waals surface area contributed by atoms with Crippen molar-refractivity contribution >= 4 is 28.7 Å². The molecule has 1 aliphatic heterocycles. The average Bonchev–Trinajstić information content (AvgIpc) is 3.44. The van der Waals surface area contributed by atoms with Gasteiger partial charge in [-0.05, 0) is 51.9 Å². The van der Waals surface area contributed by atoms with E-state index >= 15 is 0 Å². The summed E-state index contributed by atoms with van der Waals surface area (Å²) in [5.41, 5.74) is 0.317. The number of carbonyl (C=O) groups excluding carboxylic acids is 1. The van der Waals surface area contributed by atoms with Crippen LogP contribution in [-0.2, 0) is 7.05 Å². The van der Waals surface area contributed by atoms with Crippen LogP contribution in [0.3, 0.4) is 0 Å². The third kappa shape index (κ3) is 4.52. The van der Waals surface area contributed by atoms with E-state index in [1.807, 2.05) is 7.05 Å². The molecule has 35 heavy (non-hydrogen) atoms. The molecule has 2 aromatic heterocycles. The number of carbonyl (C=O) groups is 1. The Morgan fingerprint density at radius 2 is 1.77 bits per heavy atom. The quantitative estimate of drug-likeness (QED) is 0.577. The van der Waals surface area contributed by atoms with E-state index < -0.39 is 17.5 Å². The number of piperidine rings is 1. The molecule has 0 bridgehead atoms. The molecule has 1 aliphatic carbocycles. The fraction of sp³-hybridized carbons (Fsp3) is 0.500. The summed E-state index contributed by atoms with van der Waals surface area (Å²) in [5, 5.41) is 5.51. The van der Waals surface area contributed by atoms with Gasteiger partial charge in [-0.1, -0.05) is 12.8 Å². The van der Waals surface area contributed by atoms with Crippen molar-refractivity contribution in [3.05, 3.63) is 46.0 Å². The van der Waals surface area contributed by atoms with Gasteiger partial charge in [0.2, 0.25) is 5.95 Å². The highest BCUT2D eigenvalue weighted by molar-refractivity contribution is 5.95. The van der Waals surface area contributed by atoms with Gasteiger partial charge in [-0.3, -0.25) is 13.9 Å². The van der Waals surface area contributed by atoms with E-state index in [2.05, 4.69) is 25.5 Å². The molecule has 2 aliphatic rings. The van der Waals surface area contributed by atoms with Crippen molar-refractivity contribution in [2.75, 3.05) is 25.5 Å². The zero-order valence-electron chi connectivity index (χ0n) is 19.9. The molecule has 3 aromatic rings. The number of rotatable bonds is 5. The lowest BCUT2D eigenvalue weighted by Crippen LogP contribution is -2.43. The second kappa shape index (κ2) is 9.37. The Balaban J connectivity index is 1.38. The third-order valence-electron chi connectivity index (χ3n) is 7.12. The largest absolute Gasteiger partial charge is 0.349 e. The summed E-state index contributed by atoms with van der Waals surface area (Å²) in [6.07, 6.45) is 6.90. The maximum absolute atomic E-state index is 14.9. The highest BCUT2D eigenvalue weighted by atomic mass is 19.1. The number of hydrogen-bond donors (Lipinski definition) is 2. The molecule has 9 nitrogen and oxygen atoms in total. The third-order valence-corrected chi connectivity index (χ3v) is 7.12. The number of nitrogens with zero attached hydrogens (tertiary/aromatic N) is 5. The molecule has 3 heterocycles. The van der Waals surface area contributed by atoms with E-state index in [1.165, 1.54) is 10.8 Å². The van der Waals surface area contributed by atoms with Crippen molar-refractivity contribution in [3.63, 3.8) is 0 Å². The van der Waals surface area contributed by atoms with E-state index in [-0.39, 0.29) is 35.0 Å². The van der Waals surface area contributed by atoms with Gasteiger partial charge in [0.15, 0.2) is 5.65 Å². The normalized spacial score (nSPS) is 17.8. The first-order valence-corrected chi connectivity index (χ1v) is 12.0. The zero-order chi connectivity index (χ0) is 24.7. The minimum absolute atomic E-state index is 0.0386. The second-order valence-corrected chi connectivity index (χ2v) is 9.54. The van der Waals surface area contributed by atoms with Gasteiger partial charge < -0.3 is 15.5 Å². The molecule has 186 valence electrons. The van der Waals surface area contributed by atoms with E-state index in [1.54, 1.807) is 11.6 Å². The highest BCUT2D eigenvalue weighted by Crippen LogP contribution is 2.31. The number of likely N-dealkylation sites (tertiary alicyclic amines) is 1. The number of imidazole rings is 1. The maximum atomic E-state index is 14.9. The monoisotopic (exact) mass is 485 g/mol. The summed E-state index contributed by atoms with van der Waals surface area (Å²) in [6.45, 7) is 1.68. The number of aromatic nitrogens is 4. The van der Waals surface area contributed by atoms with Crippen molar-refractivity contribution < 1.29 is 13.6 Å². The van der Waals surface area contributed by atoms with Crippen LogP contribution in [0, 0.1) is 11.6 Å². The fourth-order valence-corrected chi connectivity index (χ4v) is 5.04. The molecule has 1 amide bonds. The molecule has 0 radical (unpaired) electrons. The molecule has 1 saturated carbocycles. The standard InChI is InChI=1S/C24H29F2N7O2/c1-31-9-7-14(8-10-31)28-22(34)16-11-18(26)19(12-17(16)25)29-23-27-13-20-21(30-23)33(24(35)32(20)2)15-5-3-4-6-15/h11-15H,3-10H2,1-2H3,(H,28,34)(H,27,29,30). The smallest absolute Gasteiger partial charge is 0.330 e. The molecule has 2 N–H and O–H groups in total. The lowest BCUT2D eigenvalue weighted by atomic mass is 10.0. The molecular formula is C24H29F2N7O2. The van der Waals surface area contributed by atoms with E-state index in [4.69, 9.17) is 0 Å². The molecule has 0 spiro atoms. The number of anilines is 2. The summed E-state index contributed by atoms with van der Waals surface area (Å²) < 4.78 is 32.9. The van der Waals surface area contributed by atoms with Gasteiger partial charge in [-0.25, -0.2) is 18.6 Å². The summed E-state index contributed by atoms with van der Waals surface area (Å²) in [4.78, 5) is 36.2. The second-order valence-electron chi connectivity index (χ2n) is 9.54. The Morgan fingerprint density at radius 1 is 1.06 bits per heavy atom. The van der Waals surface area contributed by atoms with Gasteiger partial charge in [0, 0.05) is 25.2 Å². The highest BCUT2D eigenvalue weighted by Gasteiger charge is 2.25. The number of fused-ring (bicyclic) bond motifs is 1. The molecule has 5 rings (SSSR count). The van der Waals surface area contributed by atoms with Crippen molar-refractivity contribution in [2.45, 2.75) is 50.6 Å². The number of hydrogen-bond acceptors (Lipinski definition) is 6. The van der Waals surface area contributed by atoms with Gasteiger partial charge in [0.1, 0.15) is 17.2 Å². The van der Waals surface area contributed by atoms with Gasteiger partial charge in [-0.2, -0.15) is 4.98 Å². The van der Waals surface area contributed by atoms with Crippen LogP contribution >= 0.6 is 0 Å². The van der Waals surface area contributed by atoms with Gasteiger partial charge in [-0.15, -0.1) is 0 Å². The van der Waals surface area contributed by atoms with Crippen LogP contribution in [0.15, 0.2) is 23.1 Å². The molecular weight excluding hydrogens is 456 g/mol. The lowest BCUT2D eigenvalue weighted by Gasteiger charge is -2.29. The predicted octanol–water partition coefficient (Wildman–Crippen LogP) is 3.09. The summed E-state index contributed by atoms with van der Waals surface area (Å²) >= 11 is 0. The van der Waals surface area contributed by atoms with Crippen LogP contribution in [0.5, 0.6) is 0 Å². The van der Waals surface area contributed by atoms with Crippen molar-refractivity contribution in [2.24, 2.45) is 7.05 Å². The SMILES string of the molecule is CN1CCC(NC(=O)c2cc(F)c(Nc3ncc4c(n3)n(C3CCCC3)c(=O)n4C)cc2F)CC1. The maximum Gasteiger partial charge on any atom is 0.330 e. The lowest BCUT2D eigenvalue weighted by molar-refractivity contribution is 0.0912. The average molecular weight is 486 g/mol. The van der Waals surface area contributed by atoms with Crippen LogP contribution in [0.1, 0.15) is 54.9 Å². The number of aryl methyl sites for hydroxylation is 1. The van der Waals surface area contributed by atoms with Gasteiger partial charge >= 0.3 is 5.69 Å². The number of amides is 1. The minimum atomic E-state index is -0.844.